The van der Waals surface area contributed by atoms with Crippen LogP contribution in [0.3, 0.4) is 0 Å². The van der Waals surface area contributed by atoms with E-state index >= 15 is 0 Å². The van der Waals surface area contributed by atoms with E-state index < -0.39 is 0 Å². The van der Waals surface area contributed by atoms with Crippen LogP contribution in [0.15, 0.2) is 12.4 Å². The number of imidazole rings is 1. The lowest BCUT2D eigenvalue weighted by molar-refractivity contribution is -0.691. The molecule has 1 aromatic heterocycles. The molecule has 0 aliphatic rings. The lowest BCUT2D eigenvalue weighted by Gasteiger charge is -2.05. The molecule has 1 aromatic rings. The third kappa shape index (κ3) is 4.87. The molecular formula is C13H23N2O3+. The second-order valence-corrected chi connectivity index (χ2v) is 4.27. The van der Waals surface area contributed by atoms with Crippen molar-refractivity contribution in [3.05, 3.63) is 18.2 Å². The number of carbonyl (C=O) groups is 1. The third-order valence-corrected chi connectivity index (χ3v) is 2.83. The Morgan fingerprint density at radius 1 is 1.39 bits per heavy atom. The second kappa shape index (κ2) is 7.87. The molecular weight excluding hydrogens is 232 g/mol. The van der Waals surface area contributed by atoms with Crippen LogP contribution in [-0.4, -0.2) is 30.4 Å². The van der Waals surface area contributed by atoms with Gasteiger partial charge < -0.3 is 9.47 Å². The van der Waals surface area contributed by atoms with Crippen molar-refractivity contribution < 1.29 is 18.8 Å². The molecule has 0 amide bonds. The van der Waals surface area contributed by atoms with E-state index in [1.54, 1.807) is 0 Å². The lowest BCUT2D eigenvalue weighted by Crippen LogP contribution is -2.40. The summed E-state index contributed by atoms with van der Waals surface area (Å²) in [5.74, 6) is 0.791. The van der Waals surface area contributed by atoms with Crippen molar-refractivity contribution in [1.29, 1.82) is 0 Å². The summed E-state index contributed by atoms with van der Waals surface area (Å²) in [5, 5.41) is 0. The van der Waals surface area contributed by atoms with Gasteiger partial charge in [0.05, 0.1) is 13.7 Å². The fourth-order valence-electron chi connectivity index (χ4n) is 1.51. The molecule has 0 aliphatic heterocycles. The minimum atomic E-state index is -0.228. The minimum absolute atomic E-state index is 0.228. The molecule has 0 N–H and O–H groups in total. The van der Waals surface area contributed by atoms with Crippen LogP contribution < -0.4 is 4.57 Å². The van der Waals surface area contributed by atoms with Gasteiger partial charge in [-0.3, -0.25) is 0 Å². The van der Waals surface area contributed by atoms with E-state index in [-0.39, 0.29) is 12.5 Å². The Morgan fingerprint density at radius 2 is 2.17 bits per heavy atom. The standard InChI is InChI=1S/C13H23N2O3/c1-4-5-8-17-9-10-18-13(16)11-15-7-6-14(3)12(15)2/h6-7H,4-5,8-11H2,1-3H3/q+1. The van der Waals surface area contributed by atoms with Gasteiger partial charge in [-0.25, -0.2) is 13.9 Å². The van der Waals surface area contributed by atoms with Crippen molar-refractivity contribution in [2.24, 2.45) is 7.05 Å². The molecule has 0 aliphatic carbocycles. The predicted molar refractivity (Wildman–Crippen MR) is 67.0 cm³/mol. The van der Waals surface area contributed by atoms with E-state index in [1.165, 1.54) is 0 Å². The van der Waals surface area contributed by atoms with Gasteiger partial charge in [0.25, 0.3) is 5.82 Å². The van der Waals surface area contributed by atoms with E-state index in [4.69, 9.17) is 9.47 Å². The number of ether oxygens (including phenoxy) is 2. The van der Waals surface area contributed by atoms with Gasteiger partial charge in [0, 0.05) is 13.5 Å². The van der Waals surface area contributed by atoms with E-state index in [2.05, 4.69) is 6.92 Å². The van der Waals surface area contributed by atoms with Crippen molar-refractivity contribution in [2.45, 2.75) is 33.2 Å². The Balaban J connectivity index is 2.16. The van der Waals surface area contributed by atoms with E-state index in [1.807, 2.05) is 35.5 Å². The Bertz CT molecular complexity index is 374. The molecule has 1 rings (SSSR count). The summed E-state index contributed by atoms with van der Waals surface area (Å²) in [6, 6.07) is 0. The molecule has 0 unspecified atom stereocenters. The number of rotatable bonds is 8. The third-order valence-electron chi connectivity index (χ3n) is 2.83. The number of esters is 1. The Hall–Kier alpha value is -1.36. The van der Waals surface area contributed by atoms with E-state index in [0.29, 0.717) is 13.2 Å². The summed E-state index contributed by atoms with van der Waals surface area (Å²) in [4.78, 5) is 11.6. The molecule has 102 valence electrons. The van der Waals surface area contributed by atoms with E-state index in [9.17, 15) is 4.79 Å². The van der Waals surface area contributed by atoms with Gasteiger partial charge >= 0.3 is 5.97 Å². The highest BCUT2D eigenvalue weighted by Crippen LogP contribution is 1.91. The highest BCUT2D eigenvalue weighted by molar-refractivity contribution is 5.67. The van der Waals surface area contributed by atoms with Gasteiger partial charge in [0.15, 0.2) is 6.54 Å². The maximum atomic E-state index is 11.6. The van der Waals surface area contributed by atoms with Crippen LogP contribution in [0.1, 0.15) is 25.6 Å². The maximum absolute atomic E-state index is 11.6. The zero-order valence-electron chi connectivity index (χ0n) is 11.5. The highest BCUT2D eigenvalue weighted by Gasteiger charge is 2.13. The maximum Gasteiger partial charge on any atom is 0.348 e. The number of carbonyl (C=O) groups excluding carboxylic acids is 1. The summed E-state index contributed by atoms with van der Waals surface area (Å²) >= 11 is 0. The minimum Gasteiger partial charge on any atom is -0.460 e. The van der Waals surface area contributed by atoms with Gasteiger partial charge in [-0.2, -0.15) is 0 Å². The molecule has 0 fully saturated rings. The van der Waals surface area contributed by atoms with Crippen molar-refractivity contribution in [1.82, 2.24) is 4.57 Å². The van der Waals surface area contributed by atoms with Crippen LogP contribution in [0.2, 0.25) is 0 Å². The Morgan fingerprint density at radius 3 is 2.78 bits per heavy atom. The molecule has 0 radical (unpaired) electrons. The first-order valence-electron chi connectivity index (χ1n) is 6.40. The largest absolute Gasteiger partial charge is 0.460 e. The summed E-state index contributed by atoms with van der Waals surface area (Å²) in [6.07, 6.45) is 5.95. The number of aromatic nitrogens is 2. The molecule has 18 heavy (non-hydrogen) atoms. The Labute approximate surface area is 108 Å². The van der Waals surface area contributed by atoms with Crippen molar-refractivity contribution in [3.63, 3.8) is 0 Å². The molecule has 0 aromatic carbocycles. The zero-order valence-corrected chi connectivity index (χ0v) is 11.5. The fraction of sp³-hybridized carbons (Fsp3) is 0.692. The smallest absolute Gasteiger partial charge is 0.348 e. The number of nitrogens with zero attached hydrogens (tertiary/aromatic N) is 2. The van der Waals surface area contributed by atoms with Crippen molar-refractivity contribution in [2.75, 3.05) is 19.8 Å². The molecule has 0 bridgehead atoms. The van der Waals surface area contributed by atoms with Crippen molar-refractivity contribution >= 4 is 5.97 Å². The summed E-state index contributed by atoms with van der Waals surface area (Å²) in [6.45, 7) is 5.87. The van der Waals surface area contributed by atoms with Crippen LogP contribution in [0.25, 0.3) is 0 Å². The highest BCUT2D eigenvalue weighted by atomic mass is 16.6. The van der Waals surface area contributed by atoms with Gasteiger partial charge in [-0.05, 0) is 6.42 Å². The number of hydrogen-bond donors (Lipinski definition) is 0. The van der Waals surface area contributed by atoms with Crippen LogP contribution in [0.4, 0.5) is 0 Å². The first-order valence-corrected chi connectivity index (χ1v) is 6.40. The van der Waals surface area contributed by atoms with Gasteiger partial charge in [0.1, 0.15) is 19.0 Å². The molecule has 0 spiro atoms. The molecule has 5 heteroatoms. The summed E-state index contributed by atoms with van der Waals surface area (Å²) < 4.78 is 14.2. The summed E-state index contributed by atoms with van der Waals surface area (Å²) in [7, 11) is 1.94. The molecule has 0 saturated carbocycles. The van der Waals surface area contributed by atoms with Crippen LogP contribution in [-0.2, 0) is 27.9 Å². The quantitative estimate of drug-likeness (QED) is 0.395. The van der Waals surface area contributed by atoms with Crippen LogP contribution >= 0.6 is 0 Å². The number of aryl methyl sites for hydroxylation is 1. The van der Waals surface area contributed by atoms with Gasteiger partial charge in [-0.1, -0.05) is 13.3 Å². The normalized spacial score (nSPS) is 10.6. The predicted octanol–water partition coefficient (Wildman–Crippen LogP) is 0.981. The molecule has 1 heterocycles. The number of unbranched alkanes of at least 4 members (excludes halogenated alkanes) is 1. The first kappa shape index (κ1) is 14.7. The zero-order chi connectivity index (χ0) is 13.4. The second-order valence-electron chi connectivity index (χ2n) is 4.27. The van der Waals surface area contributed by atoms with Crippen LogP contribution in [0.5, 0.6) is 0 Å². The van der Waals surface area contributed by atoms with Crippen molar-refractivity contribution in [3.8, 4) is 0 Å². The number of hydrogen-bond acceptors (Lipinski definition) is 3. The summed E-state index contributed by atoms with van der Waals surface area (Å²) in [5.41, 5.74) is 0. The first-order chi connectivity index (χ1) is 8.65. The average molecular weight is 255 g/mol. The SMILES string of the molecule is CCCCOCCOC(=O)C[n+]1ccn(C)c1C. The monoisotopic (exact) mass is 255 g/mol. The van der Waals surface area contributed by atoms with E-state index in [0.717, 1.165) is 25.3 Å². The molecule has 0 saturated heterocycles. The van der Waals surface area contributed by atoms with Crippen LogP contribution in [0, 0.1) is 6.92 Å². The lowest BCUT2D eigenvalue weighted by atomic mass is 10.4. The average Bonchev–Trinajstić information content (AvgIpc) is 2.65. The molecule has 5 nitrogen and oxygen atoms in total. The topological polar surface area (TPSA) is 44.3 Å². The van der Waals surface area contributed by atoms with Gasteiger partial charge in [-0.15, -0.1) is 0 Å². The Kier molecular flexibility index (Phi) is 6.43. The van der Waals surface area contributed by atoms with Gasteiger partial charge in [0.2, 0.25) is 0 Å². The molecule has 0 atom stereocenters. The fourth-order valence-corrected chi connectivity index (χ4v) is 1.51.